The average Bonchev–Trinajstić information content (AvgIpc) is 3.11. The van der Waals surface area contributed by atoms with Crippen molar-refractivity contribution in [3.8, 4) is 0 Å². The molecule has 1 spiro atoms. The second-order valence-corrected chi connectivity index (χ2v) is 9.67. The minimum Gasteiger partial charge on any atom is -0.347 e. The zero-order valence-corrected chi connectivity index (χ0v) is 15.9. The molecule has 0 saturated carbocycles. The van der Waals surface area contributed by atoms with Crippen LogP contribution in [0.5, 0.6) is 0 Å². The average molecular weight is 374 g/mol. The normalized spacial score (nSPS) is 30.9. The number of hydrogen-bond donors (Lipinski definition) is 0. The van der Waals surface area contributed by atoms with Gasteiger partial charge >= 0.3 is 0 Å². The van der Waals surface area contributed by atoms with E-state index in [4.69, 9.17) is 9.47 Å². The van der Waals surface area contributed by atoms with Crippen LogP contribution in [0.25, 0.3) is 0 Å². The number of piperidine rings is 3. The molecule has 0 N–H and O–H groups in total. The van der Waals surface area contributed by atoms with Gasteiger partial charge in [-0.1, -0.05) is 6.42 Å². The zero-order valence-electron chi connectivity index (χ0n) is 15.1. The van der Waals surface area contributed by atoms with Gasteiger partial charge in [-0.15, -0.1) is 0 Å². The largest absolute Gasteiger partial charge is 0.347 e. The summed E-state index contributed by atoms with van der Waals surface area (Å²) >= 11 is 0. The highest BCUT2D eigenvalue weighted by atomic mass is 32.2. The molecule has 0 aromatic carbocycles. The van der Waals surface area contributed by atoms with E-state index in [1.165, 1.54) is 32.4 Å². The first-order chi connectivity index (χ1) is 12.1. The van der Waals surface area contributed by atoms with Crippen LogP contribution in [0.4, 0.5) is 0 Å². The van der Waals surface area contributed by atoms with Gasteiger partial charge in [-0.3, -0.25) is 0 Å². The third kappa shape index (κ3) is 3.75. The lowest BCUT2D eigenvalue weighted by molar-refractivity contribution is -0.179. The lowest BCUT2D eigenvalue weighted by atomic mass is 10.0. The first-order valence-corrected chi connectivity index (χ1v) is 11.3. The molecular weight excluding hydrogens is 342 g/mol. The Morgan fingerprint density at radius 1 is 0.760 bits per heavy atom. The van der Waals surface area contributed by atoms with Crippen molar-refractivity contribution in [3.05, 3.63) is 0 Å². The molecule has 4 aliphatic rings. The molecule has 8 heteroatoms. The van der Waals surface area contributed by atoms with E-state index in [1.54, 1.807) is 8.61 Å². The summed E-state index contributed by atoms with van der Waals surface area (Å²) in [6.07, 6.45) is 7.11. The van der Waals surface area contributed by atoms with E-state index in [1.807, 2.05) is 0 Å². The minimum absolute atomic E-state index is 0.494. The van der Waals surface area contributed by atoms with E-state index in [9.17, 15) is 8.42 Å². The molecule has 4 rings (SSSR count). The van der Waals surface area contributed by atoms with Gasteiger partial charge in [0, 0.05) is 45.1 Å². The highest BCUT2D eigenvalue weighted by Crippen LogP contribution is 2.33. The van der Waals surface area contributed by atoms with Crippen molar-refractivity contribution in [2.45, 2.75) is 56.8 Å². The molecule has 4 fully saturated rings. The summed E-state index contributed by atoms with van der Waals surface area (Å²) in [5.41, 5.74) is 0. The standard InChI is InChI=1S/C17H31N3O4S/c21-25(22,20-12-6-17(7-13-20)23-14-15-24-17)19-10-4-16(5-11-19)18-8-2-1-3-9-18/h16H,1-15H2. The van der Waals surface area contributed by atoms with Crippen LogP contribution in [0.1, 0.15) is 44.9 Å². The Balaban J connectivity index is 1.31. The fourth-order valence-electron chi connectivity index (χ4n) is 4.73. The SMILES string of the molecule is O=S(=O)(N1CCC(N2CCCCC2)CC1)N1CCC2(CC1)OCCO2. The number of ether oxygens (including phenoxy) is 2. The van der Waals surface area contributed by atoms with Crippen LogP contribution in [0.3, 0.4) is 0 Å². The van der Waals surface area contributed by atoms with Crippen LogP contribution in [0.2, 0.25) is 0 Å². The molecule has 0 aromatic heterocycles. The van der Waals surface area contributed by atoms with E-state index in [-0.39, 0.29) is 0 Å². The van der Waals surface area contributed by atoms with Gasteiger partial charge < -0.3 is 14.4 Å². The molecule has 0 bridgehead atoms. The van der Waals surface area contributed by atoms with E-state index in [2.05, 4.69) is 4.90 Å². The van der Waals surface area contributed by atoms with Crippen LogP contribution in [0.15, 0.2) is 0 Å². The molecule has 25 heavy (non-hydrogen) atoms. The second kappa shape index (κ2) is 7.40. The monoisotopic (exact) mass is 373 g/mol. The third-order valence-corrected chi connectivity index (χ3v) is 8.32. The summed E-state index contributed by atoms with van der Waals surface area (Å²) in [6, 6.07) is 0.566. The smallest absolute Gasteiger partial charge is 0.281 e. The lowest BCUT2D eigenvalue weighted by Gasteiger charge is -2.42. The summed E-state index contributed by atoms with van der Waals surface area (Å²) in [5, 5.41) is 0. The predicted octanol–water partition coefficient (Wildman–Crippen LogP) is 1.02. The molecule has 0 aliphatic carbocycles. The van der Waals surface area contributed by atoms with Gasteiger partial charge in [0.2, 0.25) is 0 Å². The molecule has 7 nitrogen and oxygen atoms in total. The van der Waals surface area contributed by atoms with Crippen molar-refractivity contribution in [1.82, 2.24) is 13.5 Å². The Hall–Kier alpha value is -0.250. The van der Waals surface area contributed by atoms with Gasteiger partial charge in [-0.2, -0.15) is 17.0 Å². The van der Waals surface area contributed by atoms with Gasteiger partial charge in [0.25, 0.3) is 10.2 Å². The number of nitrogens with zero attached hydrogens (tertiary/aromatic N) is 3. The van der Waals surface area contributed by atoms with Crippen LogP contribution in [-0.4, -0.2) is 86.2 Å². The van der Waals surface area contributed by atoms with Gasteiger partial charge in [0.15, 0.2) is 5.79 Å². The molecule has 0 amide bonds. The van der Waals surface area contributed by atoms with Crippen molar-refractivity contribution < 1.29 is 17.9 Å². The number of hydrogen-bond acceptors (Lipinski definition) is 5. The van der Waals surface area contributed by atoms with Crippen LogP contribution in [-0.2, 0) is 19.7 Å². The van der Waals surface area contributed by atoms with Crippen LogP contribution >= 0.6 is 0 Å². The predicted molar refractivity (Wildman–Crippen MR) is 94.4 cm³/mol. The van der Waals surface area contributed by atoms with Gasteiger partial charge in [0.05, 0.1) is 13.2 Å². The van der Waals surface area contributed by atoms with Gasteiger partial charge in [-0.25, -0.2) is 0 Å². The number of likely N-dealkylation sites (tertiary alicyclic amines) is 1. The molecule has 0 unspecified atom stereocenters. The Labute approximate surface area is 151 Å². The molecule has 0 radical (unpaired) electrons. The van der Waals surface area contributed by atoms with Crippen LogP contribution in [0, 0.1) is 0 Å². The van der Waals surface area contributed by atoms with E-state index in [0.717, 1.165) is 12.8 Å². The Morgan fingerprint density at radius 3 is 1.92 bits per heavy atom. The number of rotatable bonds is 3. The van der Waals surface area contributed by atoms with Gasteiger partial charge in [0.1, 0.15) is 0 Å². The fraction of sp³-hybridized carbons (Fsp3) is 1.00. The topological polar surface area (TPSA) is 62.3 Å². The molecule has 4 aliphatic heterocycles. The summed E-state index contributed by atoms with van der Waals surface area (Å²) in [6.45, 7) is 5.91. The fourth-order valence-corrected chi connectivity index (χ4v) is 6.37. The quantitative estimate of drug-likeness (QED) is 0.739. The highest BCUT2D eigenvalue weighted by molar-refractivity contribution is 7.86. The molecule has 144 valence electrons. The molecule has 0 atom stereocenters. The maximum absolute atomic E-state index is 13.0. The van der Waals surface area contributed by atoms with E-state index >= 15 is 0 Å². The second-order valence-electron chi connectivity index (χ2n) is 7.74. The molecular formula is C17H31N3O4S. The first kappa shape index (κ1) is 18.1. The first-order valence-electron chi connectivity index (χ1n) is 9.86. The summed E-state index contributed by atoms with van der Waals surface area (Å²) in [5.74, 6) is -0.521. The van der Waals surface area contributed by atoms with Crippen molar-refractivity contribution in [1.29, 1.82) is 0 Å². The lowest BCUT2D eigenvalue weighted by Crippen LogP contribution is -2.54. The Morgan fingerprint density at radius 2 is 1.32 bits per heavy atom. The zero-order chi connectivity index (χ0) is 17.3. The van der Waals surface area contributed by atoms with Crippen molar-refractivity contribution >= 4 is 10.2 Å². The van der Waals surface area contributed by atoms with E-state index < -0.39 is 16.0 Å². The summed E-state index contributed by atoms with van der Waals surface area (Å²) in [4.78, 5) is 2.58. The third-order valence-electron chi connectivity index (χ3n) is 6.28. The molecule has 4 heterocycles. The maximum atomic E-state index is 13.0. The van der Waals surface area contributed by atoms with Crippen molar-refractivity contribution in [3.63, 3.8) is 0 Å². The van der Waals surface area contributed by atoms with E-state index in [0.29, 0.717) is 58.3 Å². The summed E-state index contributed by atoms with van der Waals surface area (Å²) < 4.78 is 40.7. The minimum atomic E-state index is -3.35. The molecule has 0 aromatic rings. The highest BCUT2D eigenvalue weighted by Gasteiger charge is 2.44. The maximum Gasteiger partial charge on any atom is 0.281 e. The Kier molecular flexibility index (Phi) is 5.37. The molecule has 4 saturated heterocycles. The Bertz CT molecular complexity index is 540. The van der Waals surface area contributed by atoms with Crippen LogP contribution < -0.4 is 0 Å². The van der Waals surface area contributed by atoms with Gasteiger partial charge in [-0.05, 0) is 38.8 Å². The van der Waals surface area contributed by atoms with Crippen molar-refractivity contribution in [2.75, 3.05) is 52.5 Å². The van der Waals surface area contributed by atoms with Crippen molar-refractivity contribution in [2.24, 2.45) is 0 Å². The summed E-state index contributed by atoms with van der Waals surface area (Å²) in [7, 11) is -3.35.